The Morgan fingerprint density at radius 1 is 0.844 bits per heavy atom. The van der Waals surface area contributed by atoms with Crippen molar-refractivity contribution in [1.29, 1.82) is 0 Å². The average molecular weight is 476 g/mol. The summed E-state index contributed by atoms with van der Waals surface area (Å²) < 4.78 is 6.66. The predicted octanol–water partition coefficient (Wildman–Crippen LogP) is 7.48. The maximum atomic E-state index is 12.7. The van der Waals surface area contributed by atoms with E-state index >= 15 is 0 Å². The number of hydrogen-bond acceptors (Lipinski definition) is 5. The molecule has 0 saturated carbocycles. The monoisotopic (exact) mass is 475 g/mol. The predicted molar refractivity (Wildman–Crippen MR) is 128 cm³/mol. The Kier molecular flexibility index (Phi) is 4.33. The number of carbonyl (C=O) groups is 2. The highest BCUT2D eigenvalue weighted by Gasteiger charge is 2.34. The van der Waals surface area contributed by atoms with Crippen molar-refractivity contribution < 1.29 is 14.0 Å². The van der Waals surface area contributed by atoms with Crippen molar-refractivity contribution >= 4 is 73.4 Å². The van der Waals surface area contributed by atoms with Gasteiger partial charge in [0.05, 0.1) is 20.3 Å². The second kappa shape index (κ2) is 7.14. The van der Waals surface area contributed by atoms with Crippen LogP contribution in [-0.2, 0) is 0 Å². The van der Waals surface area contributed by atoms with Gasteiger partial charge < -0.3 is 4.42 Å². The molecule has 0 atom stereocenters. The Labute approximate surface area is 195 Å². The van der Waals surface area contributed by atoms with E-state index < -0.39 is 11.6 Å². The van der Waals surface area contributed by atoms with Gasteiger partial charge in [-0.2, -0.15) is 0 Å². The van der Waals surface area contributed by atoms with Crippen LogP contribution in [0, 0.1) is 0 Å². The molecule has 0 amide bonds. The Morgan fingerprint density at radius 2 is 1.53 bits per heavy atom. The molecular weight excluding hydrogens is 465 g/mol. The first-order valence-electron chi connectivity index (χ1n) is 9.67. The molecule has 0 radical (unpaired) electrons. The Morgan fingerprint density at radius 3 is 2.22 bits per heavy atom. The largest absolute Gasteiger partial charge is 0.437 e. The maximum absolute atomic E-state index is 12.7. The number of allylic oxidation sites excluding steroid dienone is 1. The van der Waals surface area contributed by atoms with Crippen molar-refractivity contribution in [2.24, 2.45) is 0 Å². The molecule has 0 N–H and O–H groups in total. The van der Waals surface area contributed by atoms with E-state index in [0.717, 1.165) is 20.7 Å². The van der Waals surface area contributed by atoms with E-state index in [1.807, 2.05) is 18.2 Å². The van der Waals surface area contributed by atoms with E-state index in [4.69, 9.17) is 27.6 Å². The summed E-state index contributed by atoms with van der Waals surface area (Å²) in [5.41, 5.74) is 1.99. The third kappa shape index (κ3) is 3.01. The number of carbonyl (C=O) groups excluding carboxylic acids is 2. The van der Waals surface area contributed by atoms with Crippen LogP contribution in [0.5, 0.6) is 0 Å². The highest BCUT2D eigenvalue weighted by Crippen LogP contribution is 2.37. The zero-order valence-corrected chi connectivity index (χ0v) is 18.5. The summed E-state index contributed by atoms with van der Waals surface area (Å²) >= 11 is 13.5. The highest BCUT2D eigenvalue weighted by atomic mass is 35.5. The number of Topliss-reactive ketones (excluding diaryl/α,β-unsaturated/α-hetero) is 2. The minimum atomic E-state index is -0.395. The van der Waals surface area contributed by atoms with E-state index in [0.29, 0.717) is 11.5 Å². The first kappa shape index (κ1) is 19.4. The van der Waals surface area contributed by atoms with Gasteiger partial charge in [-0.25, -0.2) is 4.98 Å². The molecule has 4 nitrogen and oxygen atoms in total. The third-order valence-corrected chi connectivity index (χ3v) is 7.19. The molecule has 0 unspecified atom stereocenters. The van der Waals surface area contributed by atoms with E-state index in [1.165, 1.54) is 34.9 Å². The summed E-state index contributed by atoms with van der Waals surface area (Å²) in [4.78, 5) is 30.1. The average Bonchev–Trinajstić information content (AvgIpc) is 3.42. The zero-order chi connectivity index (χ0) is 22.0. The van der Waals surface area contributed by atoms with Crippen LogP contribution in [0.25, 0.3) is 37.8 Å². The molecule has 0 fully saturated rings. The van der Waals surface area contributed by atoms with Gasteiger partial charge in [0.1, 0.15) is 10.8 Å². The fraction of sp³-hybridized carbons (Fsp3) is 0. The first-order chi connectivity index (χ1) is 15.5. The lowest BCUT2D eigenvalue weighted by Crippen LogP contribution is -1.99. The number of furan rings is 1. The van der Waals surface area contributed by atoms with Crippen molar-refractivity contribution in [3.63, 3.8) is 0 Å². The van der Waals surface area contributed by atoms with Gasteiger partial charge in [-0.05, 0) is 35.0 Å². The number of ketones is 2. The molecule has 32 heavy (non-hydrogen) atoms. The Balaban J connectivity index is 1.36. The van der Waals surface area contributed by atoms with E-state index in [2.05, 4.69) is 29.2 Å². The molecule has 7 heteroatoms. The van der Waals surface area contributed by atoms with Crippen LogP contribution in [0.1, 0.15) is 26.5 Å². The normalized spacial score (nSPS) is 13.4. The molecule has 0 spiro atoms. The topological polar surface area (TPSA) is 60.2 Å². The number of nitrogens with zero attached hydrogens (tertiary/aromatic N) is 1. The van der Waals surface area contributed by atoms with Crippen LogP contribution in [0.3, 0.4) is 0 Å². The first-order valence-corrected chi connectivity index (χ1v) is 11.2. The summed E-state index contributed by atoms with van der Waals surface area (Å²) in [6.07, 6.45) is 1.45. The molecule has 3 aromatic carbocycles. The van der Waals surface area contributed by atoms with Crippen LogP contribution >= 0.6 is 34.5 Å². The van der Waals surface area contributed by atoms with Crippen molar-refractivity contribution in [1.82, 2.24) is 4.98 Å². The number of hydrogen-bond donors (Lipinski definition) is 0. The number of rotatable bonds is 2. The SMILES string of the molecule is O=C1C(=Cc2cc3sc(-c4ccc5ccccc5c4)nc3o2)C(=O)c2cc(Cl)c(Cl)cc21. The summed E-state index contributed by atoms with van der Waals surface area (Å²) in [5, 5.41) is 3.61. The van der Waals surface area contributed by atoms with Crippen molar-refractivity contribution in [2.45, 2.75) is 0 Å². The van der Waals surface area contributed by atoms with E-state index in [-0.39, 0.29) is 26.7 Å². The van der Waals surface area contributed by atoms with Gasteiger partial charge in [-0.1, -0.05) is 59.6 Å². The maximum Gasteiger partial charge on any atom is 0.238 e. The molecule has 154 valence electrons. The summed E-state index contributed by atoms with van der Waals surface area (Å²) in [7, 11) is 0. The zero-order valence-electron chi connectivity index (χ0n) is 16.2. The van der Waals surface area contributed by atoms with Crippen molar-refractivity contribution in [3.8, 4) is 10.6 Å². The standard InChI is InChI=1S/C25H11Cl2NO3S/c26-19-10-16-17(11-20(19)27)23(30)18(22(16)29)8-15-9-21-24(31-15)28-25(32-21)14-6-5-12-3-1-2-4-13(12)7-14/h1-11H. The Bertz CT molecular complexity index is 1570. The number of fused-ring (bicyclic) bond motifs is 3. The van der Waals surface area contributed by atoms with Crippen LogP contribution in [0.15, 0.2) is 70.7 Å². The molecule has 5 aromatic rings. The summed E-state index contributed by atoms with van der Waals surface area (Å²) in [6.45, 7) is 0. The van der Waals surface area contributed by atoms with Gasteiger partial charge in [0.15, 0.2) is 11.6 Å². The van der Waals surface area contributed by atoms with Gasteiger partial charge in [-0.3, -0.25) is 9.59 Å². The summed E-state index contributed by atoms with van der Waals surface area (Å²) in [6, 6.07) is 19.0. The number of aromatic nitrogens is 1. The number of thiazole rings is 1. The Hall–Kier alpha value is -3.25. The quantitative estimate of drug-likeness (QED) is 0.196. The number of benzene rings is 3. The third-order valence-electron chi connectivity index (χ3n) is 5.43. The van der Waals surface area contributed by atoms with Gasteiger partial charge in [0.2, 0.25) is 5.71 Å². The van der Waals surface area contributed by atoms with Gasteiger partial charge >= 0.3 is 0 Å². The lowest BCUT2D eigenvalue weighted by atomic mass is 10.1. The number of halogens is 2. The van der Waals surface area contributed by atoms with E-state index in [1.54, 1.807) is 6.07 Å². The minimum Gasteiger partial charge on any atom is -0.437 e. The second-order valence-corrected chi connectivity index (χ2v) is 9.27. The molecular formula is C25H11Cl2NO3S. The van der Waals surface area contributed by atoms with Crippen LogP contribution in [0.4, 0.5) is 0 Å². The van der Waals surface area contributed by atoms with E-state index in [9.17, 15) is 9.59 Å². The molecule has 0 saturated heterocycles. The van der Waals surface area contributed by atoms with Crippen LogP contribution in [-0.4, -0.2) is 16.6 Å². The molecule has 0 bridgehead atoms. The molecule has 6 rings (SSSR count). The smallest absolute Gasteiger partial charge is 0.238 e. The lowest BCUT2D eigenvalue weighted by Gasteiger charge is -2.00. The van der Waals surface area contributed by atoms with Gasteiger partial charge in [0, 0.05) is 22.8 Å². The fourth-order valence-corrected chi connectivity index (χ4v) is 5.12. The van der Waals surface area contributed by atoms with Gasteiger partial charge in [-0.15, -0.1) is 11.3 Å². The molecule has 2 heterocycles. The highest BCUT2D eigenvalue weighted by molar-refractivity contribution is 7.21. The van der Waals surface area contributed by atoms with Gasteiger partial charge in [0.25, 0.3) is 0 Å². The molecule has 1 aliphatic carbocycles. The fourth-order valence-electron chi connectivity index (χ4n) is 3.86. The molecule has 1 aliphatic rings. The second-order valence-electron chi connectivity index (χ2n) is 7.43. The van der Waals surface area contributed by atoms with Crippen molar-refractivity contribution in [2.75, 3.05) is 0 Å². The van der Waals surface area contributed by atoms with Crippen molar-refractivity contribution in [3.05, 3.63) is 93.2 Å². The van der Waals surface area contributed by atoms with Crippen LogP contribution < -0.4 is 0 Å². The summed E-state index contributed by atoms with van der Waals surface area (Å²) in [5.74, 6) is -0.397. The molecule has 0 aliphatic heterocycles. The lowest BCUT2D eigenvalue weighted by molar-refractivity contribution is 0.0990. The molecule has 2 aromatic heterocycles. The minimum absolute atomic E-state index is 0.0227. The van der Waals surface area contributed by atoms with Crippen LogP contribution in [0.2, 0.25) is 10.0 Å².